The lowest BCUT2D eigenvalue weighted by molar-refractivity contribution is 0.0697. The maximum absolute atomic E-state index is 12.8. The van der Waals surface area contributed by atoms with Crippen molar-refractivity contribution in [2.75, 3.05) is 0 Å². The van der Waals surface area contributed by atoms with Crippen LogP contribution in [-0.2, 0) is 6.42 Å². The van der Waals surface area contributed by atoms with Gasteiger partial charge in [-0.2, -0.15) is 0 Å². The highest BCUT2D eigenvalue weighted by Gasteiger charge is 2.22. The van der Waals surface area contributed by atoms with Gasteiger partial charge in [0.2, 0.25) is 0 Å². The van der Waals surface area contributed by atoms with Crippen molar-refractivity contribution in [2.45, 2.75) is 19.3 Å². The first-order chi connectivity index (χ1) is 11.6. The number of aromatic carboxylic acids is 1. The Morgan fingerprint density at radius 2 is 2.12 bits per heavy atom. The van der Waals surface area contributed by atoms with Crippen LogP contribution in [0.2, 0.25) is 0 Å². The molecule has 0 aliphatic heterocycles. The first-order valence-electron chi connectivity index (χ1n) is 7.71. The number of carboxylic acid groups (broad SMARTS) is 1. The molecule has 1 N–H and O–H groups in total. The summed E-state index contributed by atoms with van der Waals surface area (Å²) in [6.07, 6.45) is 4.49. The van der Waals surface area contributed by atoms with Gasteiger partial charge in [-0.1, -0.05) is 6.07 Å². The molecule has 0 spiro atoms. The highest BCUT2D eigenvalue weighted by atomic mass is 32.1. The monoisotopic (exact) mass is 338 g/mol. The van der Waals surface area contributed by atoms with Crippen LogP contribution >= 0.6 is 11.3 Å². The first kappa shape index (κ1) is 14.9. The van der Waals surface area contributed by atoms with Crippen LogP contribution in [0.15, 0.2) is 44.9 Å². The van der Waals surface area contributed by atoms with Crippen LogP contribution in [0.5, 0.6) is 0 Å². The quantitative estimate of drug-likeness (QED) is 0.750. The second kappa shape index (κ2) is 5.76. The molecule has 4 rings (SSSR count). The van der Waals surface area contributed by atoms with E-state index in [1.165, 1.54) is 12.1 Å². The maximum Gasteiger partial charge on any atom is 0.335 e. The normalized spacial score (nSPS) is 15.6. The molecule has 1 aliphatic carbocycles. The molecule has 0 saturated carbocycles. The molecule has 120 valence electrons. The first-order valence-corrected chi connectivity index (χ1v) is 8.59. The van der Waals surface area contributed by atoms with Gasteiger partial charge in [0.25, 0.3) is 0 Å². The molecule has 2 aromatic heterocycles. The summed E-state index contributed by atoms with van der Waals surface area (Å²) in [5.41, 5.74) is 2.09. The number of rotatable bonds is 2. The van der Waals surface area contributed by atoms with Gasteiger partial charge in [-0.15, -0.1) is 11.3 Å². The van der Waals surface area contributed by atoms with E-state index >= 15 is 0 Å². The van der Waals surface area contributed by atoms with Crippen molar-refractivity contribution in [3.05, 3.63) is 67.7 Å². The van der Waals surface area contributed by atoms with Crippen LogP contribution in [0.3, 0.4) is 0 Å². The minimum atomic E-state index is -1.05. The molecule has 1 aliphatic rings. The smallest absolute Gasteiger partial charge is 0.335 e. The zero-order valence-corrected chi connectivity index (χ0v) is 13.6. The summed E-state index contributed by atoms with van der Waals surface area (Å²) in [7, 11) is 0. The fourth-order valence-corrected chi connectivity index (χ4v) is 3.79. The lowest BCUT2D eigenvalue weighted by Gasteiger charge is -2.17. The summed E-state index contributed by atoms with van der Waals surface area (Å²) < 4.78 is 6.00. The summed E-state index contributed by atoms with van der Waals surface area (Å²) in [5, 5.41) is 11.5. The topological polar surface area (TPSA) is 67.5 Å². The predicted octanol–water partition coefficient (Wildman–Crippen LogP) is 4.43. The molecule has 0 fully saturated rings. The van der Waals surface area contributed by atoms with E-state index in [9.17, 15) is 9.59 Å². The Bertz CT molecular complexity index is 1030. The molecule has 0 radical (unpaired) electrons. The molecule has 0 saturated heterocycles. The molecule has 1 aromatic carbocycles. The third-order valence-electron chi connectivity index (χ3n) is 4.26. The Balaban J connectivity index is 1.94. The summed E-state index contributed by atoms with van der Waals surface area (Å²) >= 11 is 1.64. The highest BCUT2D eigenvalue weighted by molar-refractivity contribution is 7.10. The highest BCUT2D eigenvalue weighted by Crippen LogP contribution is 2.33. The molecular weight excluding hydrogens is 324 g/mol. The number of carbonyl (C=O) groups is 1. The van der Waals surface area contributed by atoms with Crippen molar-refractivity contribution in [1.29, 1.82) is 0 Å². The van der Waals surface area contributed by atoms with Gasteiger partial charge in [0.1, 0.15) is 11.3 Å². The van der Waals surface area contributed by atoms with Crippen LogP contribution in [0, 0.1) is 0 Å². The maximum atomic E-state index is 12.8. The van der Waals surface area contributed by atoms with Crippen molar-refractivity contribution in [1.82, 2.24) is 0 Å². The van der Waals surface area contributed by atoms with E-state index < -0.39 is 5.97 Å². The zero-order valence-electron chi connectivity index (χ0n) is 12.7. The summed E-state index contributed by atoms with van der Waals surface area (Å²) in [5.74, 6) is -0.400. The average Bonchev–Trinajstić information content (AvgIpc) is 3.08. The Morgan fingerprint density at radius 1 is 1.25 bits per heavy atom. The molecule has 24 heavy (non-hydrogen) atoms. The number of hydrogen-bond donors (Lipinski definition) is 1. The fourth-order valence-electron chi connectivity index (χ4n) is 3.11. The number of thiophene rings is 1. The number of hydrogen-bond acceptors (Lipinski definition) is 4. The SMILES string of the molecule is O=C(O)c1ccc2oc3c(c(=O)c2c1)CCCC3=Cc1cccs1. The molecule has 0 amide bonds. The standard InChI is InChI=1S/C19H14O4S/c20-17-14-5-1-3-11(9-13-4-2-8-24-13)18(14)23-16-7-6-12(19(21)22)10-15(16)17/h2,4,6-10H,1,3,5H2,(H,21,22). The van der Waals surface area contributed by atoms with E-state index in [1.807, 2.05) is 17.5 Å². The van der Waals surface area contributed by atoms with Gasteiger partial charge in [0, 0.05) is 10.4 Å². The van der Waals surface area contributed by atoms with Crippen LogP contribution in [0.1, 0.15) is 39.4 Å². The predicted molar refractivity (Wildman–Crippen MR) is 94.6 cm³/mol. The van der Waals surface area contributed by atoms with Crippen molar-refractivity contribution in [3.63, 3.8) is 0 Å². The van der Waals surface area contributed by atoms with Crippen LogP contribution in [0.4, 0.5) is 0 Å². The van der Waals surface area contributed by atoms with E-state index in [0.29, 0.717) is 28.7 Å². The summed E-state index contributed by atoms with van der Waals surface area (Å²) in [6.45, 7) is 0. The van der Waals surface area contributed by atoms with E-state index in [4.69, 9.17) is 9.52 Å². The van der Waals surface area contributed by atoms with E-state index in [1.54, 1.807) is 17.4 Å². The second-order valence-electron chi connectivity index (χ2n) is 5.79. The lowest BCUT2D eigenvalue weighted by Crippen LogP contribution is -2.16. The van der Waals surface area contributed by atoms with Gasteiger partial charge in [0.15, 0.2) is 5.43 Å². The third kappa shape index (κ3) is 2.47. The van der Waals surface area contributed by atoms with Crippen molar-refractivity contribution in [3.8, 4) is 0 Å². The van der Waals surface area contributed by atoms with Gasteiger partial charge in [-0.3, -0.25) is 4.79 Å². The van der Waals surface area contributed by atoms with Crippen LogP contribution < -0.4 is 5.43 Å². The van der Waals surface area contributed by atoms with Gasteiger partial charge in [-0.25, -0.2) is 4.79 Å². The molecule has 0 bridgehead atoms. The summed E-state index contributed by atoms with van der Waals surface area (Å²) in [6, 6.07) is 8.46. The molecular formula is C19H14O4S. The van der Waals surface area contributed by atoms with Crippen molar-refractivity contribution >= 4 is 39.9 Å². The molecule has 4 nitrogen and oxygen atoms in total. The average molecular weight is 338 g/mol. The summed E-state index contributed by atoms with van der Waals surface area (Å²) in [4.78, 5) is 25.1. The van der Waals surface area contributed by atoms with E-state index in [0.717, 1.165) is 23.3 Å². The molecule has 2 heterocycles. The van der Waals surface area contributed by atoms with Gasteiger partial charge >= 0.3 is 5.97 Å². The van der Waals surface area contributed by atoms with Gasteiger partial charge in [0.05, 0.1) is 10.9 Å². The Morgan fingerprint density at radius 3 is 2.88 bits per heavy atom. The largest absolute Gasteiger partial charge is 0.478 e. The zero-order chi connectivity index (χ0) is 16.7. The van der Waals surface area contributed by atoms with Gasteiger partial charge < -0.3 is 9.52 Å². The second-order valence-corrected chi connectivity index (χ2v) is 6.77. The van der Waals surface area contributed by atoms with Crippen LogP contribution in [0.25, 0.3) is 22.6 Å². The molecule has 0 unspecified atom stereocenters. The van der Waals surface area contributed by atoms with E-state index in [-0.39, 0.29) is 11.0 Å². The Labute approximate surface area is 141 Å². The minimum absolute atomic E-state index is 0.0971. The number of allylic oxidation sites excluding steroid dienone is 1. The van der Waals surface area contributed by atoms with Crippen LogP contribution in [-0.4, -0.2) is 11.1 Å². The Kier molecular flexibility index (Phi) is 3.58. The van der Waals surface area contributed by atoms with E-state index in [2.05, 4.69) is 6.08 Å². The minimum Gasteiger partial charge on any atom is -0.478 e. The van der Waals surface area contributed by atoms with Crippen molar-refractivity contribution in [2.24, 2.45) is 0 Å². The number of benzene rings is 1. The Hall–Kier alpha value is -2.66. The fraction of sp³-hybridized carbons (Fsp3) is 0.158. The third-order valence-corrected chi connectivity index (χ3v) is 5.07. The number of fused-ring (bicyclic) bond motifs is 2. The number of carboxylic acids is 1. The lowest BCUT2D eigenvalue weighted by atomic mass is 9.91. The van der Waals surface area contributed by atoms with Gasteiger partial charge in [-0.05, 0) is 60.6 Å². The molecule has 3 aromatic rings. The molecule has 5 heteroatoms. The molecule has 0 atom stereocenters. The van der Waals surface area contributed by atoms with Crippen molar-refractivity contribution < 1.29 is 14.3 Å².